The monoisotopic (exact) mass is 406 g/mol. The van der Waals surface area contributed by atoms with E-state index in [1.54, 1.807) is 24.3 Å². The van der Waals surface area contributed by atoms with Crippen molar-refractivity contribution in [2.45, 2.75) is 0 Å². The molecule has 1 saturated heterocycles. The highest BCUT2D eigenvalue weighted by Gasteiger charge is 2.21. The molecule has 0 atom stereocenters. The van der Waals surface area contributed by atoms with Crippen molar-refractivity contribution in [1.82, 2.24) is 20.0 Å². The number of hydrogen-bond donors (Lipinski definition) is 1. The molecule has 1 heterocycles. The Hall–Kier alpha value is -1.73. The highest BCUT2D eigenvalue weighted by molar-refractivity contribution is 7.80. The lowest BCUT2D eigenvalue weighted by atomic mass is 10.2. The zero-order chi connectivity index (χ0) is 19.6. The van der Waals surface area contributed by atoms with Crippen molar-refractivity contribution in [2.75, 3.05) is 52.4 Å². The summed E-state index contributed by atoms with van der Waals surface area (Å²) in [4.78, 5) is 19.1. The van der Waals surface area contributed by atoms with E-state index in [1.807, 2.05) is 17.1 Å². The normalized spacial score (nSPS) is 14.8. The van der Waals surface area contributed by atoms with Crippen LogP contribution in [0.15, 0.2) is 49.6 Å². The molecule has 0 bridgehead atoms. The van der Waals surface area contributed by atoms with Crippen molar-refractivity contribution in [1.29, 1.82) is 0 Å². The predicted octanol–water partition coefficient (Wildman–Crippen LogP) is 2.65. The summed E-state index contributed by atoms with van der Waals surface area (Å²) in [6.07, 6.45) is 3.84. The lowest BCUT2D eigenvalue weighted by Gasteiger charge is -2.36. The summed E-state index contributed by atoms with van der Waals surface area (Å²) in [7, 11) is 0. The highest BCUT2D eigenvalue weighted by Crippen LogP contribution is 2.14. The van der Waals surface area contributed by atoms with Gasteiger partial charge in [-0.05, 0) is 24.4 Å². The van der Waals surface area contributed by atoms with Crippen LogP contribution >= 0.6 is 23.8 Å². The van der Waals surface area contributed by atoms with Gasteiger partial charge in [-0.1, -0.05) is 35.9 Å². The minimum Gasteiger partial charge on any atom is -0.346 e. The van der Waals surface area contributed by atoms with Crippen LogP contribution in [-0.2, 0) is 0 Å². The molecule has 1 aromatic rings. The molecule has 1 aliphatic rings. The number of amides is 1. The number of rotatable bonds is 8. The maximum Gasteiger partial charge on any atom is 0.258 e. The fourth-order valence-electron chi connectivity index (χ4n) is 2.97. The zero-order valence-corrected chi connectivity index (χ0v) is 17.1. The fourth-order valence-corrected chi connectivity index (χ4v) is 3.47. The number of nitrogens with zero attached hydrogens (tertiary/aromatic N) is 3. The smallest absolute Gasteiger partial charge is 0.258 e. The van der Waals surface area contributed by atoms with Crippen molar-refractivity contribution < 1.29 is 4.79 Å². The van der Waals surface area contributed by atoms with Crippen molar-refractivity contribution in [3.8, 4) is 0 Å². The van der Waals surface area contributed by atoms with Crippen molar-refractivity contribution in [2.24, 2.45) is 0 Å². The number of piperazine rings is 1. The Morgan fingerprint density at radius 3 is 2.41 bits per heavy atom. The number of nitrogens with one attached hydrogen (secondary N) is 1. The molecule has 1 aliphatic heterocycles. The number of thiocarbonyl (C=S) groups is 1. The first-order valence-electron chi connectivity index (χ1n) is 9.06. The summed E-state index contributed by atoms with van der Waals surface area (Å²) in [5.74, 6) is -0.266. The van der Waals surface area contributed by atoms with Crippen molar-refractivity contribution >= 4 is 34.8 Å². The highest BCUT2D eigenvalue weighted by atomic mass is 35.5. The van der Waals surface area contributed by atoms with Gasteiger partial charge in [-0.15, -0.1) is 13.2 Å². The summed E-state index contributed by atoms with van der Waals surface area (Å²) >= 11 is 11.5. The molecule has 0 saturated carbocycles. The third-order valence-electron chi connectivity index (χ3n) is 4.51. The lowest BCUT2D eigenvalue weighted by Crippen LogP contribution is -2.53. The molecule has 0 radical (unpaired) electrons. The Morgan fingerprint density at radius 2 is 1.81 bits per heavy atom. The second kappa shape index (κ2) is 11.2. The van der Waals surface area contributed by atoms with Gasteiger partial charge in [0.15, 0.2) is 5.11 Å². The van der Waals surface area contributed by atoms with Gasteiger partial charge in [0, 0.05) is 52.4 Å². The van der Waals surface area contributed by atoms with Crippen LogP contribution in [-0.4, -0.2) is 78.1 Å². The van der Waals surface area contributed by atoms with Gasteiger partial charge in [-0.2, -0.15) is 0 Å². The molecule has 0 unspecified atom stereocenters. The largest absolute Gasteiger partial charge is 0.346 e. The van der Waals surface area contributed by atoms with Crippen LogP contribution in [0.25, 0.3) is 0 Å². The number of carbonyl (C=O) groups excluding carboxylic acids is 1. The Balaban J connectivity index is 1.77. The van der Waals surface area contributed by atoms with Gasteiger partial charge >= 0.3 is 0 Å². The van der Waals surface area contributed by atoms with E-state index in [4.69, 9.17) is 23.8 Å². The van der Waals surface area contributed by atoms with E-state index in [0.29, 0.717) is 15.7 Å². The Morgan fingerprint density at radius 1 is 1.19 bits per heavy atom. The van der Waals surface area contributed by atoms with Gasteiger partial charge in [0.2, 0.25) is 0 Å². The Kier molecular flexibility index (Phi) is 8.94. The average molecular weight is 407 g/mol. The van der Waals surface area contributed by atoms with E-state index in [9.17, 15) is 4.79 Å². The summed E-state index contributed by atoms with van der Waals surface area (Å²) in [5, 5.41) is 3.67. The summed E-state index contributed by atoms with van der Waals surface area (Å²) < 4.78 is 0. The van der Waals surface area contributed by atoms with E-state index in [1.165, 1.54) is 0 Å². The van der Waals surface area contributed by atoms with Crippen LogP contribution in [0.3, 0.4) is 0 Å². The van der Waals surface area contributed by atoms with Gasteiger partial charge in [-0.3, -0.25) is 19.9 Å². The molecule has 1 N–H and O–H groups in total. The fraction of sp³-hybridized carbons (Fsp3) is 0.400. The first-order chi connectivity index (χ1) is 13.0. The quantitative estimate of drug-likeness (QED) is 0.530. The lowest BCUT2D eigenvalue weighted by molar-refractivity contribution is 0.0969. The van der Waals surface area contributed by atoms with Crippen LogP contribution in [0, 0.1) is 0 Å². The minimum absolute atomic E-state index is 0.266. The summed E-state index contributed by atoms with van der Waals surface area (Å²) in [6, 6.07) is 6.96. The third kappa shape index (κ3) is 6.74. The topological polar surface area (TPSA) is 38.8 Å². The van der Waals surface area contributed by atoms with Crippen LogP contribution in [0.5, 0.6) is 0 Å². The van der Waals surface area contributed by atoms with Crippen LogP contribution in [0.2, 0.25) is 5.02 Å². The van der Waals surface area contributed by atoms with Gasteiger partial charge in [0.25, 0.3) is 5.91 Å². The van der Waals surface area contributed by atoms with Crippen molar-refractivity contribution in [3.05, 3.63) is 60.2 Å². The maximum atomic E-state index is 12.3. The van der Waals surface area contributed by atoms with Gasteiger partial charge < -0.3 is 4.90 Å². The molecule has 2 rings (SSSR count). The molecule has 0 aliphatic carbocycles. The maximum absolute atomic E-state index is 12.3. The van der Waals surface area contributed by atoms with Gasteiger partial charge in [0.1, 0.15) is 0 Å². The zero-order valence-electron chi connectivity index (χ0n) is 15.6. The Labute approximate surface area is 172 Å². The van der Waals surface area contributed by atoms with E-state index >= 15 is 0 Å². The van der Waals surface area contributed by atoms with E-state index in [0.717, 1.165) is 52.4 Å². The number of halogens is 1. The molecule has 0 aromatic heterocycles. The standard InChI is InChI=1S/C20H27ClN4OS/c1-3-9-23(10-4-2)11-12-24-13-15-25(16-14-24)20(27)22-19(26)17-7-5-6-8-18(17)21/h3-8H,1-2,9-16H2,(H,22,26,27). The summed E-state index contributed by atoms with van der Waals surface area (Å²) in [5.41, 5.74) is 0.435. The molecule has 1 fully saturated rings. The predicted molar refractivity (Wildman–Crippen MR) is 116 cm³/mol. The van der Waals surface area contributed by atoms with Crippen LogP contribution in [0.4, 0.5) is 0 Å². The second-order valence-corrected chi connectivity index (χ2v) is 7.20. The van der Waals surface area contributed by atoms with E-state index in [-0.39, 0.29) is 5.91 Å². The molecule has 146 valence electrons. The molecule has 7 heteroatoms. The van der Waals surface area contributed by atoms with E-state index in [2.05, 4.69) is 28.3 Å². The molecular formula is C20H27ClN4OS. The molecule has 0 spiro atoms. The van der Waals surface area contributed by atoms with Crippen LogP contribution in [0.1, 0.15) is 10.4 Å². The SMILES string of the molecule is C=CCN(CC=C)CCN1CCN(C(=S)NC(=O)c2ccccc2Cl)CC1. The average Bonchev–Trinajstić information content (AvgIpc) is 2.67. The molecular weight excluding hydrogens is 380 g/mol. The molecule has 1 aromatic carbocycles. The molecule has 1 amide bonds. The number of hydrogen-bond acceptors (Lipinski definition) is 4. The molecule has 27 heavy (non-hydrogen) atoms. The van der Waals surface area contributed by atoms with Crippen LogP contribution < -0.4 is 5.32 Å². The Bertz CT molecular complexity index is 664. The number of benzene rings is 1. The van der Waals surface area contributed by atoms with E-state index < -0.39 is 0 Å². The van der Waals surface area contributed by atoms with Crippen molar-refractivity contribution in [3.63, 3.8) is 0 Å². The van der Waals surface area contributed by atoms with Gasteiger partial charge in [-0.25, -0.2) is 0 Å². The molecule has 5 nitrogen and oxygen atoms in total. The third-order valence-corrected chi connectivity index (χ3v) is 5.20. The van der Waals surface area contributed by atoms with Gasteiger partial charge in [0.05, 0.1) is 10.6 Å². The number of carbonyl (C=O) groups is 1. The summed E-state index contributed by atoms with van der Waals surface area (Å²) in [6.45, 7) is 14.7. The minimum atomic E-state index is -0.266. The first kappa shape index (κ1) is 21.6. The first-order valence-corrected chi connectivity index (χ1v) is 9.85. The second-order valence-electron chi connectivity index (χ2n) is 6.40.